The third-order valence-electron chi connectivity index (χ3n) is 4.48. The van der Waals surface area contributed by atoms with E-state index in [9.17, 15) is 4.79 Å². The highest BCUT2D eigenvalue weighted by atomic mass is 16.2. The second-order valence-corrected chi connectivity index (χ2v) is 6.34. The second kappa shape index (κ2) is 7.25. The summed E-state index contributed by atoms with van der Waals surface area (Å²) >= 11 is 0. The Kier molecular flexibility index (Phi) is 5.64. The average molecular weight is 267 g/mol. The van der Waals surface area contributed by atoms with Gasteiger partial charge in [-0.15, -0.1) is 0 Å². The van der Waals surface area contributed by atoms with Crippen LogP contribution >= 0.6 is 0 Å². The number of carbonyl (C=O) groups excluding carboxylic acids is 1. The molecule has 0 bridgehead atoms. The van der Waals surface area contributed by atoms with Gasteiger partial charge in [-0.25, -0.2) is 0 Å². The highest BCUT2D eigenvalue weighted by Gasteiger charge is 2.36. The van der Waals surface area contributed by atoms with Gasteiger partial charge in [-0.05, 0) is 38.3 Å². The third kappa shape index (κ3) is 4.46. The number of rotatable bonds is 7. The van der Waals surface area contributed by atoms with Crippen molar-refractivity contribution in [3.63, 3.8) is 0 Å². The van der Waals surface area contributed by atoms with E-state index < -0.39 is 0 Å². The van der Waals surface area contributed by atoms with Gasteiger partial charge in [-0.3, -0.25) is 9.69 Å². The Morgan fingerprint density at radius 3 is 2.63 bits per heavy atom. The normalized spacial score (nSPS) is 28.3. The molecular weight excluding hydrogens is 238 g/mol. The SMILES string of the molecule is CCCCCC(C)NC(=O)CN1C[C@H]2CNC[C@H]2C1. The lowest BCUT2D eigenvalue weighted by molar-refractivity contribution is -0.122. The van der Waals surface area contributed by atoms with Crippen LogP contribution in [0, 0.1) is 11.8 Å². The summed E-state index contributed by atoms with van der Waals surface area (Å²) in [6, 6.07) is 0.322. The molecule has 4 nitrogen and oxygen atoms in total. The quantitative estimate of drug-likeness (QED) is 0.682. The second-order valence-electron chi connectivity index (χ2n) is 6.34. The number of likely N-dealkylation sites (tertiary alicyclic amines) is 1. The predicted octanol–water partition coefficient (Wildman–Crippen LogP) is 1.22. The maximum atomic E-state index is 12.0. The van der Waals surface area contributed by atoms with Crippen LogP contribution in [0.5, 0.6) is 0 Å². The number of carbonyl (C=O) groups is 1. The van der Waals surface area contributed by atoms with Gasteiger partial charge >= 0.3 is 0 Å². The monoisotopic (exact) mass is 267 g/mol. The highest BCUT2D eigenvalue weighted by molar-refractivity contribution is 5.78. The molecule has 2 heterocycles. The molecule has 1 unspecified atom stereocenters. The van der Waals surface area contributed by atoms with Crippen LogP contribution in [0.2, 0.25) is 0 Å². The zero-order valence-electron chi connectivity index (χ0n) is 12.5. The molecule has 110 valence electrons. The summed E-state index contributed by atoms with van der Waals surface area (Å²) < 4.78 is 0. The van der Waals surface area contributed by atoms with Crippen molar-refractivity contribution in [2.75, 3.05) is 32.7 Å². The summed E-state index contributed by atoms with van der Waals surface area (Å²) in [6.07, 6.45) is 4.83. The third-order valence-corrected chi connectivity index (χ3v) is 4.48. The van der Waals surface area contributed by atoms with E-state index in [2.05, 4.69) is 29.4 Å². The van der Waals surface area contributed by atoms with Crippen molar-refractivity contribution in [1.29, 1.82) is 0 Å². The van der Waals surface area contributed by atoms with Crippen molar-refractivity contribution in [3.05, 3.63) is 0 Å². The average Bonchev–Trinajstić information content (AvgIpc) is 2.89. The molecule has 3 atom stereocenters. The minimum absolute atomic E-state index is 0.205. The van der Waals surface area contributed by atoms with E-state index in [0.717, 1.165) is 44.4 Å². The van der Waals surface area contributed by atoms with Crippen molar-refractivity contribution >= 4 is 5.91 Å². The first-order valence-electron chi connectivity index (χ1n) is 7.91. The molecule has 2 saturated heterocycles. The molecule has 0 aliphatic carbocycles. The lowest BCUT2D eigenvalue weighted by Crippen LogP contribution is -2.41. The van der Waals surface area contributed by atoms with Crippen molar-refractivity contribution in [2.45, 2.75) is 45.6 Å². The van der Waals surface area contributed by atoms with Gasteiger partial charge in [0.15, 0.2) is 0 Å². The van der Waals surface area contributed by atoms with Gasteiger partial charge in [0.05, 0.1) is 6.54 Å². The smallest absolute Gasteiger partial charge is 0.234 e. The van der Waals surface area contributed by atoms with Gasteiger partial charge in [0, 0.05) is 19.1 Å². The van der Waals surface area contributed by atoms with Gasteiger partial charge in [0.1, 0.15) is 0 Å². The number of unbranched alkanes of at least 4 members (excludes halogenated alkanes) is 2. The minimum atomic E-state index is 0.205. The zero-order valence-corrected chi connectivity index (χ0v) is 12.5. The molecule has 2 aliphatic rings. The molecule has 2 N–H and O–H groups in total. The first kappa shape index (κ1) is 14.8. The van der Waals surface area contributed by atoms with E-state index in [1.165, 1.54) is 19.3 Å². The first-order chi connectivity index (χ1) is 9.19. The van der Waals surface area contributed by atoms with Gasteiger partial charge in [0.2, 0.25) is 5.91 Å². The van der Waals surface area contributed by atoms with Crippen LogP contribution in [-0.2, 0) is 4.79 Å². The molecule has 0 aromatic rings. The lowest BCUT2D eigenvalue weighted by Gasteiger charge is -2.19. The van der Waals surface area contributed by atoms with Crippen molar-refractivity contribution in [1.82, 2.24) is 15.5 Å². The topological polar surface area (TPSA) is 44.4 Å². The molecule has 0 aromatic carbocycles. The van der Waals surface area contributed by atoms with Crippen LogP contribution in [0.25, 0.3) is 0 Å². The predicted molar refractivity (Wildman–Crippen MR) is 78.0 cm³/mol. The summed E-state index contributed by atoms with van der Waals surface area (Å²) in [5.41, 5.74) is 0. The van der Waals surface area contributed by atoms with Crippen molar-refractivity contribution < 1.29 is 4.79 Å². The van der Waals surface area contributed by atoms with Crippen LogP contribution in [0.4, 0.5) is 0 Å². The molecule has 0 radical (unpaired) electrons. The number of nitrogens with zero attached hydrogens (tertiary/aromatic N) is 1. The van der Waals surface area contributed by atoms with Gasteiger partial charge in [0.25, 0.3) is 0 Å². The maximum absolute atomic E-state index is 12.0. The molecule has 19 heavy (non-hydrogen) atoms. The van der Waals surface area contributed by atoms with Crippen LogP contribution in [0.15, 0.2) is 0 Å². The van der Waals surface area contributed by atoms with E-state index in [4.69, 9.17) is 0 Å². The van der Waals surface area contributed by atoms with Gasteiger partial charge < -0.3 is 10.6 Å². The van der Waals surface area contributed by atoms with Gasteiger partial charge in [-0.2, -0.15) is 0 Å². The van der Waals surface area contributed by atoms with Crippen LogP contribution < -0.4 is 10.6 Å². The Balaban J connectivity index is 1.62. The summed E-state index contributed by atoms with van der Waals surface area (Å²) in [7, 11) is 0. The fourth-order valence-electron chi connectivity index (χ4n) is 3.38. The molecule has 1 amide bonds. The van der Waals surface area contributed by atoms with Crippen molar-refractivity contribution in [2.24, 2.45) is 11.8 Å². The van der Waals surface area contributed by atoms with E-state index in [0.29, 0.717) is 12.6 Å². The van der Waals surface area contributed by atoms with Gasteiger partial charge in [-0.1, -0.05) is 26.2 Å². The van der Waals surface area contributed by atoms with Crippen molar-refractivity contribution in [3.8, 4) is 0 Å². The molecule has 2 aliphatic heterocycles. The van der Waals surface area contributed by atoms with E-state index in [1.807, 2.05) is 0 Å². The van der Waals surface area contributed by atoms with E-state index in [-0.39, 0.29) is 5.91 Å². The molecule has 4 heteroatoms. The van der Waals surface area contributed by atoms with Crippen LogP contribution in [0.3, 0.4) is 0 Å². The standard InChI is InChI=1S/C15H29N3O/c1-3-4-5-6-12(2)17-15(19)11-18-9-13-7-16-8-14(13)10-18/h12-14,16H,3-11H2,1-2H3,(H,17,19)/t12?,13-,14+. The lowest BCUT2D eigenvalue weighted by atomic mass is 10.0. The molecule has 0 saturated carbocycles. The van der Waals surface area contributed by atoms with E-state index >= 15 is 0 Å². The molecule has 2 fully saturated rings. The Morgan fingerprint density at radius 2 is 2.00 bits per heavy atom. The largest absolute Gasteiger partial charge is 0.353 e. The number of hydrogen-bond donors (Lipinski definition) is 2. The molecular formula is C15H29N3O. The summed E-state index contributed by atoms with van der Waals surface area (Å²) in [5, 5.41) is 6.57. The molecule has 2 rings (SSSR count). The number of fused-ring (bicyclic) bond motifs is 1. The molecule has 0 spiro atoms. The number of amides is 1. The minimum Gasteiger partial charge on any atom is -0.353 e. The fraction of sp³-hybridized carbons (Fsp3) is 0.933. The summed E-state index contributed by atoms with van der Waals surface area (Å²) in [6.45, 7) is 9.38. The van der Waals surface area contributed by atoms with Crippen LogP contribution in [0.1, 0.15) is 39.5 Å². The summed E-state index contributed by atoms with van der Waals surface area (Å²) in [4.78, 5) is 14.3. The first-order valence-corrected chi connectivity index (χ1v) is 7.91. The summed E-state index contributed by atoms with van der Waals surface area (Å²) in [5.74, 6) is 1.75. The molecule has 0 aromatic heterocycles. The Morgan fingerprint density at radius 1 is 1.32 bits per heavy atom. The van der Waals surface area contributed by atoms with Crippen LogP contribution in [-0.4, -0.2) is 49.6 Å². The maximum Gasteiger partial charge on any atom is 0.234 e. The Bertz CT molecular complexity index is 283. The fourth-order valence-corrected chi connectivity index (χ4v) is 3.38. The number of nitrogens with one attached hydrogen (secondary N) is 2. The number of hydrogen-bond acceptors (Lipinski definition) is 3. The Labute approximate surface area is 117 Å². The zero-order chi connectivity index (χ0) is 13.7. The Hall–Kier alpha value is -0.610. The van der Waals surface area contributed by atoms with E-state index in [1.54, 1.807) is 0 Å². The highest BCUT2D eigenvalue weighted by Crippen LogP contribution is 2.25.